The van der Waals surface area contributed by atoms with Crippen LogP contribution in [0.25, 0.3) is 11.3 Å². The maximum atomic E-state index is 14.7. The average molecular weight is 466 g/mol. The summed E-state index contributed by atoms with van der Waals surface area (Å²) in [7, 11) is -2.25. The summed E-state index contributed by atoms with van der Waals surface area (Å²) in [6.07, 6.45) is 4.42. The summed E-state index contributed by atoms with van der Waals surface area (Å²) in [5.41, 5.74) is 1.23. The molecule has 0 amide bonds. The second kappa shape index (κ2) is 8.01. The Morgan fingerprint density at radius 3 is 2.67 bits per heavy atom. The molecule has 0 aliphatic heterocycles. The lowest BCUT2D eigenvalue weighted by Gasteiger charge is -2.13. The molecule has 0 saturated heterocycles. The Morgan fingerprint density at radius 1 is 1.17 bits per heavy atom. The molecule has 0 fully saturated rings. The van der Waals surface area contributed by atoms with E-state index in [0.717, 1.165) is 17.4 Å². The molecule has 154 valence electrons. The molecular formula is C18H13ClFN5O3S2. The first kappa shape index (κ1) is 20.3. The standard InChI is InChI=1S/C18H13ClFN5O3S2/c1-25-14(4-5-23-25)12-9-17(19)22-10-16(12)28-15-3-2-11(8-13(15)20)30(26,27)24-18-21-6-7-29-18/h2-10H,1H3,(H,21,24). The van der Waals surface area contributed by atoms with Crippen LogP contribution in [0.5, 0.6) is 11.5 Å². The molecule has 4 rings (SSSR count). The van der Waals surface area contributed by atoms with Crippen LogP contribution in [0.4, 0.5) is 9.52 Å². The van der Waals surface area contributed by atoms with Gasteiger partial charge in [-0.1, -0.05) is 11.6 Å². The zero-order valence-corrected chi connectivity index (χ0v) is 17.7. The number of pyridine rings is 1. The van der Waals surface area contributed by atoms with Gasteiger partial charge >= 0.3 is 0 Å². The van der Waals surface area contributed by atoms with Crippen LogP contribution in [0.15, 0.2) is 59.2 Å². The van der Waals surface area contributed by atoms with Gasteiger partial charge in [0.2, 0.25) is 0 Å². The van der Waals surface area contributed by atoms with Crippen LogP contribution in [0.3, 0.4) is 0 Å². The van der Waals surface area contributed by atoms with Crippen molar-refractivity contribution in [2.45, 2.75) is 4.90 Å². The first-order chi connectivity index (χ1) is 14.3. The molecule has 0 aliphatic rings. The molecule has 3 heterocycles. The largest absolute Gasteiger partial charge is 0.452 e. The van der Waals surface area contributed by atoms with E-state index in [1.165, 1.54) is 24.5 Å². The summed E-state index contributed by atoms with van der Waals surface area (Å²) >= 11 is 7.11. The van der Waals surface area contributed by atoms with E-state index in [1.807, 2.05) is 0 Å². The number of thiazole rings is 1. The van der Waals surface area contributed by atoms with Crippen LogP contribution in [-0.4, -0.2) is 28.2 Å². The number of aryl methyl sites for hydroxylation is 1. The van der Waals surface area contributed by atoms with Gasteiger partial charge in [-0.2, -0.15) is 5.10 Å². The molecule has 0 aliphatic carbocycles. The highest BCUT2D eigenvalue weighted by atomic mass is 35.5. The Morgan fingerprint density at radius 2 is 2.00 bits per heavy atom. The topological polar surface area (TPSA) is 99.0 Å². The van der Waals surface area contributed by atoms with Crippen LogP contribution >= 0.6 is 22.9 Å². The van der Waals surface area contributed by atoms with Crippen molar-refractivity contribution in [3.8, 4) is 22.8 Å². The third-order valence-electron chi connectivity index (χ3n) is 4.02. The molecule has 4 aromatic rings. The number of aromatic nitrogens is 4. The molecule has 0 radical (unpaired) electrons. The average Bonchev–Trinajstić information content (AvgIpc) is 3.35. The monoisotopic (exact) mass is 465 g/mol. The van der Waals surface area contributed by atoms with Crippen molar-refractivity contribution in [3.63, 3.8) is 0 Å². The fraction of sp³-hybridized carbons (Fsp3) is 0.0556. The molecular weight excluding hydrogens is 453 g/mol. The zero-order chi connectivity index (χ0) is 21.3. The van der Waals surface area contributed by atoms with Gasteiger partial charge in [-0.25, -0.2) is 22.8 Å². The summed E-state index contributed by atoms with van der Waals surface area (Å²) in [6, 6.07) is 6.66. The molecule has 8 nitrogen and oxygen atoms in total. The third kappa shape index (κ3) is 4.13. The van der Waals surface area contributed by atoms with Gasteiger partial charge in [0.25, 0.3) is 10.0 Å². The van der Waals surface area contributed by atoms with Crippen LogP contribution in [0.1, 0.15) is 0 Å². The number of ether oxygens (including phenoxy) is 1. The van der Waals surface area contributed by atoms with Gasteiger partial charge < -0.3 is 4.74 Å². The van der Waals surface area contributed by atoms with E-state index in [0.29, 0.717) is 11.3 Å². The minimum Gasteiger partial charge on any atom is -0.452 e. The van der Waals surface area contributed by atoms with Crippen molar-refractivity contribution in [1.29, 1.82) is 0 Å². The lowest BCUT2D eigenvalue weighted by Crippen LogP contribution is -2.13. The fourth-order valence-corrected chi connectivity index (χ4v) is 4.59. The van der Waals surface area contributed by atoms with Crippen LogP contribution in [-0.2, 0) is 17.1 Å². The SMILES string of the molecule is Cn1nccc1-c1cc(Cl)ncc1Oc1ccc(S(=O)(=O)Nc2nccs2)cc1F. The van der Waals surface area contributed by atoms with Gasteiger partial charge in [0, 0.05) is 30.4 Å². The molecule has 0 saturated carbocycles. The highest BCUT2D eigenvalue weighted by molar-refractivity contribution is 7.93. The van der Waals surface area contributed by atoms with Crippen molar-refractivity contribution in [3.05, 3.63) is 65.3 Å². The first-order valence-electron chi connectivity index (χ1n) is 8.37. The highest BCUT2D eigenvalue weighted by Gasteiger charge is 2.20. The Kier molecular flexibility index (Phi) is 5.41. The summed E-state index contributed by atoms with van der Waals surface area (Å²) in [4.78, 5) is 7.58. The first-order valence-corrected chi connectivity index (χ1v) is 11.1. The number of halogens is 2. The van der Waals surface area contributed by atoms with E-state index in [1.54, 1.807) is 35.4 Å². The number of benzene rings is 1. The molecule has 0 spiro atoms. The fourth-order valence-electron chi connectivity index (χ4n) is 2.63. The van der Waals surface area contributed by atoms with E-state index in [4.69, 9.17) is 16.3 Å². The molecule has 12 heteroatoms. The normalized spacial score (nSPS) is 11.4. The molecule has 0 atom stereocenters. The maximum absolute atomic E-state index is 14.7. The summed E-state index contributed by atoms with van der Waals surface area (Å²) in [6.45, 7) is 0. The Balaban J connectivity index is 1.65. The van der Waals surface area contributed by atoms with Crippen LogP contribution in [0.2, 0.25) is 5.15 Å². The maximum Gasteiger partial charge on any atom is 0.263 e. The Hall–Kier alpha value is -3.02. The highest BCUT2D eigenvalue weighted by Crippen LogP contribution is 2.35. The summed E-state index contributed by atoms with van der Waals surface area (Å²) in [5.74, 6) is -0.794. The number of nitrogens with one attached hydrogen (secondary N) is 1. The number of anilines is 1. The van der Waals surface area contributed by atoms with Gasteiger partial charge in [-0.05, 0) is 30.3 Å². The molecule has 30 heavy (non-hydrogen) atoms. The second-order valence-electron chi connectivity index (χ2n) is 5.98. The lowest BCUT2D eigenvalue weighted by atomic mass is 10.2. The smallest absolute Gasteiger partial charge is 0.263 e. The molecule has 0 unspecified atom stereocenters. The van der Waals surface area contributed by atoms with Gasteiger partial charge in [-0.3, -0.25) is 9.40 Å². The van der Waals surface area contributed by atoms with Crippen molar-refractivity contribution in [1.82, 2.24) is 19.7 Å². The van der Waals surface area contributed by atoms with Crippen molar-refractivity contribution < 1.29 is 17.5 Å². The molecule has 1 N–H and O–H groups in total. The van der Waals surface area contributed by atoms with E-state index in [-0.39, 0.29) is 26.7 Å². The Bertz CT molecular complexity index is 1310. The number of nitrogens with zero attached hydrogens (tertiary/aromatic N) is 4. The number of rotatable bonds is 6. The van der Waals surface area contributed by atoms with E-state index in [2.05, 4.69) is 19.8 Å². The van der Waals surface area contributed by atoms with Gasteiger partial charge in [0.1, 0.15) is 5.15 Å². The van der Waals surface area contributed by atoms with E-state index >= 15 is 0 Å². The molecule has 0 bridgehead atoms. The van der Waals surface area contributed by atoms with Crippen LogP contribution < -0.4 is 9.46 Å². The van der Waals surface area contributed by atoms with Crippen molar-refractivity contribution in [2.75, 3.05) is 4.72 Å². The lowest BCUT2D eigenvalue weighted by molar-refractivity contribution is 0.440. The Labute approximate surface area is 180 Å². The van der Waals surface area contributed by atoms with Crippen LogP contribution in [0, 0.1) is 5.82 Å². The van der Waals surface area contributed by atoms with E-state index < -0.39 is 15.8 Å². The minimum absolute atomic E-state index is 0.171. The predicted octanol–water partition coefficient (Wildman–Crippen LogP) is 4.32. The predicted molar refractivity (Wildman–Crippen MR) is 111 cm³/mol. The number of hydrogen-bond acceptors (Lipinski definition) is 7. The van der Waals surface area contributed by atoms with Gasteiger partial charge in [-0.15, -0.1) is 11.3 Å². The summed E-state index contributed by atoms with van der Waals surface area (Å²) < 4.78 is 49.1. The third-order valence-corrected chi connectivity index (χ3v) is 6.38. The second-order valence-corrected chi connectivity index (χ2v) is 8.94. The van der Waals surface area contributed by atoms with E-state index in [9.17, 15) is 12.8 Å². The molecule has 1 aromatic carbocycles. The quantitative estimate of drug-likeness (QED) is 0.426. The zero-order valence-electron chi connectivity index (χ0n) is 15.3. The number of sulfonamides is 1. The summed E-state index contributed by atoms with van der Waals surface area (Å²) in [5, 5.41) is 6.14. The minimum atomic E-state index is -3.99. The van der Waals surface area contributed by atoms with Crippen molar-refractivity contribution >= 4 is 38.1 Å². The number of hydrogen-bond donors (Lipinski definition) is 1. The van der Waals surface area contributed by atoms with Gasteiger partial charge in [0.15, 0.2) is 22.4 Å². The van der Waals surface area contributed by atoms with Gasteiger partial charge in [0.05, 0.1) is 16.8 Å². The van der Waals surface area contributed by atoms with Crippen molar-refractivity contribution in [2.24, 2.45) is 7.05 Å². The molecule has 3 aromatic heterocycles.